The Bertz CT molecular complexity index is 562. The summed E-state index contributed by atoms with van der Waals surface area (Å²) in [5.74, 6) is -3.78. The lowest BCUT2D eigenvalue weighted by molar-refractivity contribution is -0.143. The van der Waals surface area contributed by atoms with Gasteiger partial charge in [-0.3, -0.25) is 14.4 Å². The normalized spacial score (nSPS) is 15.1. The van der Waals surface area contributed by atoms with Crippen LogP contribution in [0.15, 0.2) is 0 Å². The molecule has 0 aromatic heterocycles. The molecule has 0 aliphatic carbocycles. The molecule has 12 heteroatoms. The van der Waals surface area contributed by atoms with Crippen LogP contribution >= 0.6 is 12.6 Å². The third kappa shape index (κ3) is 9.92. The standard InChI is InChI=1S/C17H33N5O6S/c1-9(2)13(22-14(24)10(19)5-3-4-6-18)16(26)21-12(8-29)15(25)20-11(7-23)17(27)28/h9-13,23,29H,3-8,18-19H2,1-2H3,(H,20,25)(H,21,26)(H,22,24)(H,27,28). The van der Waals surface area contributed by atoms with E-state index in [1.165, 1.54) is 0 Å². The van der Waals surface area contributed by atoms with E-state index in [1.807, 2.05) is 0 Å². The fraction of sp³-hybridized carbons (Fsp3) is 0.765. The first-order chi connectivity index (χ1) is 13.6. The average Bonchev–Trinajstić information content (AvgIpc) is 2.67. The molecule has 11 nitrogen and oxygen atoms in total. The second kappa shape index (κ2) is 14.1. The van der Waals surface area contributed by atoms with E-state index in [0.29, 0.717) is 19.4 Å². The molecule has 0 radical (unpaired) electrons. The van der Waals surface area contributed by atoms with Crippen molar-refractivity contribution in [3.05, 3.63) is 0 Å². The van der Waals surface area contributed by atoms with E-state index in [1.54, 1.807) is 13.8 Å². The number of aliphatic hydroxyl groups is 1. The number of hydrogen-bond acceptors (Lipinski definition) is 8. The molecule has 0 saturated carbocycles. The van der Waals surface area contributed by atoms with Crippen molar-refractivity contribution in [2.24, 2.45) is 17.4 Å². The maximum Gasteiger partial charge on any atom is 0.328 e. The van der Waals surface area contributed by atoms with Crippen molar-refractivity contribution in [2.45, 2.75) is 57.3 Å². The van der Waals surface area contributed by atoms with Crippen LogP contribution in [0.1, 0.15) is 33.1 Å². The molecule has 0 saturated heterocycles. The van der Waals surface area contributed by atoms with Crippen molar-refractivity contribution >= 4 is 36.3 Å². The lowest BCUT2D eigenvalue weighted by Gasteiger charge is -2.26. The molecule has 0 aliphatic heterocycles. The molecule has 168 valence electrons. The average molecular weight is 436 g/mol. The van der Waals surface area contributed by atoms with Gasteiger partial charge in [0.1, 0.15) is 18.1 Å². The summed E-state index contributed by atoms with van der Waals surface area (Å²) in [5, 5.41) is 25.0. The number of carboxylic acids is 1. The maximum atomic E-state index is 12.6. The van der Waals surface area contributed by atoms with Crippen molar-refractivity contribution in [3.8, 4) is 0 Å². The summed E-state index contributed by atoms with van der Waals surface area (Å²) in [6.07, 6.45) is 1.84. The summed E-state index contributed by atoms with van der Waals surface area (Å²) in [7, 11) is 0. The highest BCUT2D eigenvalue weighted by Gasteiger charge is 2.30. The van der Waals surface area contributed by atoms with Crippen LogP contribution in [0.4, 0.5) is 0 Å². The van der Waals surface area contributed by atoms with Gasteiger partial charge >= 0.3 is 5.97 Å². The quantitative estimate of drug-likeness (QED) is 0.109. The van der Waals surface area contributed by atoms with Crippen LogP contribution in [-0.4, -0.2) is 77.0 Å². The number of rotatable bonds is 14. The highest BCUT2D eigenvalue weighted by Crippen LogP contribution is 2.05. The van der Waals surface area contributed by atoms with Crippen molar-refractivity contribution in [2.75, 3.05) is 18.9 Å². The molecule has 0 aromatic rings. The zero-order valence-electron chi connectivity index (χ0n) is 16.8. The molecule has 0 fully saturated rings. The number of carbonyl (C=O) groups is 4. The number of aliphatic hydroxyl groups excluding tert-OH is 1. The lowest BCUT2D eigenvalue weighted by Crippen LogP contribution is -2.59. The Labute approximate surface area is 175 Å². The minimum Gasteiger partial charge on any atom is -0.480 e. The minimum absolute atomic E-state index is 0.118. The zero-order valence-corrected chi connectivity index (χ0v) is 17.7. The van der Waals surface area contributed by atoms with Gasteiger partial charge in [0, 0.05) is 5.75 Å². The third-order valence-electron chi connectivity index (χ3n) is 4.17. The van der Waals surface area contributed by atoms with Gasteiger partial charge in [0.2, 0.25) is 17.7 Å². The van der Waals surface area contributed by atoms with E-state index in [0.717, 1.165) is 6.42 Å². The fourth-order valence-corrected chi connectivity index (χ4v) is 2.61. The maximum absolute atomic E-state index is 12.6. The zero-order chi connectivity index (χ0) is 22.6. The number of hydrogen-bond donors (Lipinski definition) is 8. The molecule has 29 heavy (non-hydrogen) atoms. The smallest absolute Gasteiger partial charge is 0.328 e. The number of nitrogens with one attached hydrogen (secondary N) is 3. The summed E-state index contributed by atoms with van der Waals surface area (Å²) < 4.78 is 0. The van der Waals surface area contributed by atoms with Crippen LogP contribution in [0.25, 0.3) is 0 Å². The number of aliphatic carboxylic acids is 1. The Hall–Kier alpha value is -1.89. The predicted molar refractivity (Wildman–Crippen MR) is 110 cm³/mol. The van der Waals surface area contributed by atoms with E-state index >= 15 is 0 Å². The second-order valence-electron chi connectivity index (χ2n) is 6.95. The Kier molecular flexibility index (Phi) is 13.2. The monoisotopic (exact) mass is 435 g/mol. The van der Waals surface area contributed by atoms with Gasteiger partial charge in [0.05, 0.1) is 12.6 Å². The van der Waals surface area contributed by atoms with Gasteiger partial charge in [-0.25, -0.2) is 4.79 Å². The van der Waals surface area contributed by atoms with Gasteiger partial charge < -0.3 is 37.6 Å². The van der Waals surface area contributed by atoms with Gasteiger partial charge in [-0.05, 0) is 25.3 Å². The SMILES string of the molecule is CC(C)C(NC(=O)C(N)CCCCN)C(=O)NC(CS)C(=O)NC(CO)C(=O)O. The lowest BCUT2D eigenvalue weighted by atomic mass is 10.0. The molecule has 0 spiro atoms. The molecule has 0 rings (SSSR count). The van der Waals surface area contributed by atoms with E-state index in [9.17, 15) is 19.2 Å². The van der Waals surface area contributed by atoms with Crippen molar-refractivity contribution in [1.82, 2.24) is 16.0 Å². The van der Waals surface area contributed by atoms with E-state index < -0.39 is 54.5 Å². The van der Waals surface area contributed by atoms with Crippen LogP contribution in [0.2, 0.25) is 0 Å². The van der Waals surface area contributed by atoms with Gasteiger partial charge in [0.25, 0.3) is 0 Å². The first-order valence-corrected chi connectivity index (χ1v) is 10.0. The predicted octanol–water partition coefficient (Wildman–Crippen LogP) is -2.44. The molecule has 0 aromatic carbocycles. The van der Waals surface area contributed by atoms with E-state index in [-0.39, 0.29) is 11.7 Å². The Balaban J connectivity index is 4.99. The topological polar surface area (TPSA) is 197 Å². The highest BCUT2D eigenvalue weighted by atomic mass is 32.1. The van der Waals surface area contributed by atoms with Gasteiger partial charge in [-0.2, -0.15) is 12.6 Å². The summed E-state index contributed by atoms with van der Waals surface area (Å²) in [4.78, 5) is 48.0. The fourth-order valence-electron chi connectivity index (χ4n) is 2.35. The number of amides is 3. The Morgan fingerprint density at radius 3 is 2.00 bits per heavy atom. The summed E-state index contributed by atoms with van der Waals surface area (Å²) in [6.45, 7) is 3.12. The Morgan fingerprint density at radius 1 is 0.966 bits per heavy atom. The van der Waals surface area contributed by atoms with Crippen LogP contribution in [0.3, 0.4) is 0 Å². The number of unbranched alkanes of at least 4 members (excludes halogenated alkanes) is 1. The number of nitrogens with two attached hydrogens (primary N) is 2. The molecule has 4 unspecified atom stereocenters. The summed E-state index contributed by atoms with van der Waals surface area (Å²) >= 11 is 4.00. The summed E-state index contributed by atoms with van der Waals surface area (Å²) in [5.41, 5.74) is 11.3. The molecule has 9 N–H and O–H groups in total. The molecule has 0 heterocycles. The van der Waals surface area contributed by atoms with E-state index in [4.69, 9.17) is 21.7 Å². The van der Waals surface area contributed by atoms with Crippen LogP contribution < -0.4 is 27.4 Å². The van der Waals surface area contributed by atoms with E-state index in [2.05, 4.69) is 28.6 Å². The van der Waals surface area contributed by atoms with Crippen molar-refractivity contribution in [1.29, 1.82) is 0 Å². The van der Waals surface area contributed by atoms with Gasteiger partial charge in [-0.1, -0.05) is 20.3 Å². The number of carbonyl (C=O) groups excluding carboxylic acids is 3. The largest absolute Gasteiger partial charge is 0.480 e. The molecule has 3 amide bonds. The third-order valence-corrected chi connectivity index (χ3v) is 4.53. The van der Waals surface area contributed by atoms with Gasteiger partial charge in [-0.15, -0.1) is 0 Å². The number of carboxylic acid groups (broad SMARTS) is 1. The van der Waals surface area contributed by atoms with Crippen LogP contribution in [0.5, 0.6) is 0 Å². The van der Waals surface area contributed by atoms with Crippen LogP contribution in [-0.2, 0) is 19.2 Å². The first kappa shape index (κ1) is 27.1. The molecular weight excluding hydrogens is 402 g/mol. The summed E-state index contributed by atoms with van der Waals surface area (Å²) in [6, 6.07) is -4.41. The number of thiol groups is 1. The first-order valence-electron chi connectivity index (χ1n) is 9.40. The molecule has 0 aliphatic rings. The van der Waals surface area contributed by atoms with Gasteiger partial charge in [0.15, 0.2) is 0 Å². The van der Waals surface area contributed by atoms with Crippen molar-refractivity contribution in [3.63, 3.8) is 0 Å². The molecule has 4 atom stereocenters. The van der Waals surface area contributed by atoms with Crippen LogP contribution in [0, 0.1) is 5.92 Å². The minimum atomic E-state index is -1.51. The highest BCUT2D eigenvalue weighted by molar-refractivity contribution is 7.80. The Morgan fingerprint density at radius 2 is 1.55 bits per heavy atom. The van der Waals surface area contributed by atoms with Crippen molar-refractivity contribution < 1.29 is 29.4 Å². The molecule has 0 bridgehead atoms. The second-order valence-corrected chi connectivity index (χ2v) is 7.31. The molecular formula is C17H33N5O6S.